The molecule has 0 spiro atoms. The molecule has 5 aromatic rings. The molecule has 1 amide bonds. The van der Waals surface area contributed by atoms with Crippen LogP contribution in [0.1, 0.15) is 6.92 Å². The summed E-state index contributed by atoms with van der Waals surface area (Å²) in [5.41, 5.74) is 2.03. The van der Waals surface area contributed by atoms with E-state index >= 15 is 0 Å². The second-order valence-electron chi connectivity index (χ2n) is 7.26. The Kier molecular flexibility index (Phi) is 4.82. The van der Waals surface area contributed by atoms with E-state index in [2.05, 4.69) is 20.5 Å². The Labute approximate surface area is 188 Å². The van der Waals surface area contributed by atoms with Crippen LogP contribution in [0.3, 0.4) is 0 Å². The Balaban J connectivity index is 1.67. The molecule has 0 aliphatic rings. The molecular weight excluding hydrogens is 444 g/mol. The molecule has 0 fully saturated rings. The standard InChI is InChI=1S/C22H18N6O4S/c1-14(29)23-15-9-11-16(12-10-15)33(30,31)27(2)21-22-26-25-20(19-8-5-13-32-19)28(22)18-7-4-3-6-17(18)24-21/h3-13H,1-2H3,(H,23,29). The molecule has 0 atom stereocenters. The number of nitrogens with zero attached hydrogens (tertiary/aromatic N) is 5. The van der Waals surface area contributed by atoms with Crippen molar-refractivity contribution >= 4 is 44.1 Å². The second-order valence-corrected chi connectivity index (χ2v) is 9.23. The zero-order valence-electron chi connectivity index (χ0n) is 17.6. The number of anilines is 2. The normalized spacial score (nSPS) is 11.7. The lowest BCUT2D eigenvalue weighted by Crippen LogP contribution is -2.28. The monoisotopic (exact) mass is 462 g/mol. The van der Waals surface area contributed by atoms with Crippen LogP contribution in [0.25, 0.3) is 28.3 Å². The van der Waals surface area contributed by atoms with E-state index in [0.717, 1.165) is 4.31 Å². The van der Waals surface area contributed by atoms with Gasteiger partial charge in [-0.15, -0.1) is 10.2 Å². The van der Waals surface area contributed by atoms with E-state index in [4.69, 9.17) is 4.42 Å². The zero-order valence-corrected chi connectivity index (χ0v) is 18.4. The van der Waals surface area contributed by atoms with Crippen molar-refractivity contribution in [1.82, 2.24) is 19.6 Å². The maximum Gasteiger partial charge on any atom is 0.265 e. The quantitative estimate of drug-likeness (QED) is 0.425. The van der Waals surface area contributed by atoms with Gasteiger partial charge in [-0.25, -0.2) is 17.7 Å². The summed E-state index contributed by atoms with van der Waals surface area (Å²) in [5, 5.41) is 11.1. The fourth-order valence-corrected chi connectivity index (χ4v) is 4.68. The molecule has 166 valence electrons. The van der Waals surface area contributed by atoms with Crippen LogP contribution in [0.2, 0.25) is 0 Å². The minimum absolute atomic E-state index is 0.0398. The lowest BCUT2D eigenvalue weighted by atomic mass is 10.3. The summed E-state index contributed by atoms with van der Waals surface area (Å²) in [5.74, 6) is 0.791. The van der Waals surface area contributed by atoms with Crippen LogP contribution in [0.4, 0.5) is 11.5 Å². The molecule has 3 aromatic heterocycles. The molecule has 5 rings (SSSR count). The van der Waals surface area contributed by atoms with Gasteiger partial charge in [0.1, 0.15) is 0 Å². The Morgan fingerprint density at radius 3 is 2.48 bits per heavy atom. The van der Waals surface area contributed by atoms with E-state index in [1.807, 2.05) is 18.2 Å². The van der Waals surface area contributed by atoms with Gasteiger partial charge in [-0.05, 0) is 48.5 Å². The number of fused-ring (bicyclic) bond motifs is 3. The molecule has 0 aliphatic heterocycles. The summed E-state index contributed by atoms with van der Waals surface area (Å²) in [6.07, 6.45) is 1.53. The summed E-state index contributed by atoms with van der Waals surface area (Å²) in [7, 11) is -2.58. The minimum atomic E-state index is -3.99. The van der Waals surface area contributed by atoms with Gasteiger partial charge in [0.2, 0.25) is 17.4 Å². The number of nitrogens with one attached hydrogen (secondary N) is 1. The van der Waals surface area contributed by atoms with Crippen molar-refractivity contribution in [3.05, 3.63) is 66.9 Å². The highest BCUT2D eigenvalue weighted by atomic mass is 32.2. The molecule has 3 heterocycles. The minimum Gasteiger partial charge on any atom is -0.461 e. The molecule has 0 unspecified atom stereocenters. The Morgan fingerprint density at radius 1 is 1.03 bits per heavy atom. The number of amides is 1. The van der Waals surface area contributed by atoms with E-state index < -0.39 is 10.0 Å². The summed E-state index contributed by atoms with van der Waals surface area (Å²) < 4.78 is 35.1. The van der Waals surface area contributed by atoms with Crippen molar-refractivity contribution in [2.75, 3.05) is 16.7 Å². The van der Waals surface area contributed by atoms with Gasteiger partial charge in [-0.2, -0.15) is 0 Å². The summed E-state index contributed by atoms with van der Waals surface area (Å²) in [6.45, 7) is 1.38. The Bertz CT molecular complexity index is 1590. The molecule has 10 nitrogen and oxygen atoms in total. The van der Waals surface area contributed by atoms with Gasteiger partial charge in [0.05, 0.1) is 22.2 Å². The highest BCUT2D eigenvalue weighted by Crippen LogP contribution is 2.30. The Morgan fingerprint density at radius 2 is 1.79 bits per heavy atom. The van der Waals surface area contributed by atoms with Crippen molar-refractivity contribution in [2.45, 2.75) is 11.8 Å². The van der Waals surface area contributed by atoms with Gasteiger partial charge in [0, 0.05) is 19.7 Å². The van der Waals surface area contributed by atoms with Crippen LogP contribution in [0.15, 0.2) is 76.2 Å². The molecule has 1 N–H and O–H groups in total. The third-order valence-corrected chi connectivity index (χ3v) is 6.85. The number of para-hydroxylation sites is 2. The molecule has 0 bridgehead atoms. The maximum absolute atomic E-state index is 13.4. The fraction of sp³-hybridized carbons (Fsp3) is 0.0909. The number of aromatic nitrogens is 4. The first kappa shape index (κ1) is 20.6. The van der Waals surface area contributed by atoms with Crippen LogP contribution in [0.5, 0.6) is 0 Å². The first-order chi connectivity index (χ1) is 15.9. The molecule has 0 aliphatic carbocycles. The smallest absolute Gasteiger partial charge is 0.265 e. The highest BCUT2D eigenvalue weighted by Gasteiger charge is 2.27. The van der Waals surface area contributed by atoms with E-state index in [1.165, 1.54) is 44.5 Å². The summed E-state index contributed by atoms with van der Waals surface area (Å²) in [4.78, 5) is 15.9. The van der Waals surface area contributed by atoms with E-state index in [0.29, 0.717) is 28.3 Å². The average Bonchev–Trinajstić information content (AvgIpc) is 3.48. The summed E-state index contributed by atoms with van der Waals surface area (Å²) in [6, 6.07) is 16.7. The molecular formula is C22H18N6O4S. The maximum atomic E-state index is 13.4. The molecule has 2 aromatic carbocycles. The third kappa shape index (κ3) is 3.48. The number of benzene rings is 2. The number of rotatable bonds is 5. The number of furan rings is 1. The predicted octanol–water partition coefficient (Wildman–Crippen LogP) is 3.32. The van der Waals surface area contributed by atoms with E-state index in [9.17, 15) is 13.2 Å². The average molecular weight is 462 g/mol. The summed E-state index contributed by atoms with van der Waals surface area (Å²) >= 11 is 0. The van der Waals surface area contributed by atoms with Crippen LogP contribution in [0, 0.1) is 0 Å². The number of sulfonamides is 1. The molecule has 0 radical (unpaired) electrons. The zero-order chi connectivity index (χ0) is 23.2. The molecule has 11 heteroatoms. The van der Waals surface area contributed by atoms with Gasteiger partial charge < -0.3 is 9.73 Å². The first-order valence-electron chi connectivity index (χ1n) is 9.90. The number of hydrogen-bond donors (Lipinski definition) is 1. The number of hydrogen-bond acceptors (Lipinski definition) is 7. The van der Waals surface area contributed by atoms with Crippen LogP contribution < -0.4 is 9.62 Å². The lowest BCUT2D eigenvalue weighted by molar-refractivity contribution is -0.114. The van der Waals surface area contributed by atoms with Gasteiger partial charge in [0.15, 0.2) is 11.6 Å². The topological polar surface area (TPSA) is 123 Å². The second kappa shape index (κ2) is 7.71. The van der Waals surface area contributed by atoms with Crippen molar-refractivity contribution in [2.24, 2.45) is 0 Å². The lowest BCUT2D eigenvalue weighted by Gasteiger charge is -2.20. The van der Waals surface area contributed by atoms with E-state index in [-0.39, 0.29) is 22.3 Å². The fourth-order valence-electron chi connectivity index (χ4n) is 3.53. The molecule has 0 saturated heterocycles. The molecule has 33 heavy (non-hydrogen) atoms. The third-order valence-electron chi connectivity index (χ3n) is 5.08. The van der Waals surface area contributed by atoms with Gasteiger partial charge in [-0.1, -0.05) is 12.1 Å². The van der Waals surface area contributed by atoms with Gasteiger partial charge in [-0.3, -0.25) is 9.20 Å². The van der Waals surface area contributed by atoms with Crippen molar-refractivity contribution in [3.8, 4) is 11.6 Å². The number of carbonyl (C=O) groups excluding carboxylic acids is 1. The van der Waals surface area contributed by atoms with E-state index in [1.54, 1.807) is 22.6 Å². The van der Waals surface area contributed by atoms with Crippen molar-refractivity contribution in [1.29, 1.82) is 0 Å². The van der Waals surface area contributed by atoms with Gasteiger partial charge in [0.25, 0.3) is 10.0 Å². The van der Waals surface area contributed by atoms with Crippen LogP contribution in [-0.4, -0.2) is 41.0 Å². The molecule has 0 saturated carbocycles. The van der Waals surface area contributed by atoms with Crippen molar-refractivity contribution < 1.29 is 17.6 Å². The first-order valence-corrected chi connectivity index (χ1v) is 11.3. The van der Waals surface area contributed by atoms with Crippen LogP contribution in [-0.2, 0) is 14.8 Å². The SMILES string of the molecule is CC(=O)Nc1ccc(S(=O)(=O)N(C)c2nc3ccccc3n3c(-c4ccco4)nnc23)cc1. The Hall–Kier alpha value is -4.25. The largest absolute Gasteiger partial charge is 0.461 e. The van der Waals surface area contributed by atoms with Gasteiger partial charge >= 0.3 is 0 Å². The number of carbonyl (C=O) groups is 1. The predicted molar refractivity (Wildman–Crippen MR) is 122 cm³/mol. The highest BCUT2D eigenvalue weighted by molar-refractivity contribution is 7.92. The van der Waals surface area contributed by atoms with Crippen molar-refractivity contribution in [3.63, 3.8) is 0 Å². The van der Waals surface area contributed by atoms with Crippen LogP contribution >= 0.6 is 0 Å².